The smallest absolute Gasteiger partial charge is 0.0683 e. The van der Waals surface area contributed by atoms with Crippen molar-refractivity contribution in [2.45, 2.75) is 38.5 Å². The molecule has 4 aromatic carbocycles. The van der Waals surface area contributed by atoms with Gasteiger partial charge in [-0.05, 0) is 50.6 Å². The first-order valence-corrected chi connectivity index (χ1v) is 12.0. The summed E-state index contributed by atoms with van der Waals surface area (Å²) in [5.74, 6) is 0. The first-order valence-electron chi connectivity index (χ1n) is 11.2. The highest BCUT2D eigenvalue weighted by Gasteiger charge is 2.53. The molecule has 1 heteroatoms. The van der Waals surface area contributed by atoms with Gasteiger partial charge in [0.05, 0.1) is 5.41 Å². The molecule has 0 radical (unpaired) electrons. The SMILES string of the molecule is CC.CC1(C)c2ccccc2C2(c3ccccc3-c3ccccc32)c2cccc(Br)c21. The second-order valence-electron chi connectivity index (χ2n) is 8.67. The molecule has 6 rings (SSSR count). The molecule has 0 saturated carbocycles. The van der Waals surface area contributed by atoms with Crippen LogP contribution in [0.4, 0.5) is 0 Å². The first kappa shape index (κ1) is 20.3. The van der Waals surface area contributed by atoms with Crippen molar-refractivity contribution in [2.75, 3.05) is 0 Å². The number of rotatable bonds is 0. The van der Waals surface area contributed by atoms with E-state index < -0.39 is 0 Å². The fourth-order valence-electron chi connectivity index (χ4n) is 5.92. The average Bonchev–Trinajstić information content (AvgIpc) is 3.10. The van der Waals surface area contributed by atoms with Crippen molar-refractivity contribution >= 4 is 15.9 Å². The Labute approximate surface area is 194 Å². The van der Waals surface area contributed by atoms with Crippen LogP contribution in [0.15, 0.2) is 95.5 Å². The fraction of sp³-hybridized carbons (Fsp3) is 0.200. The van der Waals surface area contributed by atoms with Crippen molar-refractivity contribution < 1.29 is 0 Å². The predicted molar refractivity (Wildman–Crippen MR) is 135 cm³/mol. The highest BCUT2D eigenvalue weighted by atomic mass is 79.9. The Hall–Kier alpha value is -2.64. The van der Waals surface area contributed by atoms with Crippen LogP contribution < -0.4 is 0 Å². The Kier molecular flexibility index (Phi) is 4.71. The second-order valence-corrected chi connectivity index (χ2v) is 9.53. The van der Waals surface area contributed by atoms with Crippen LogP contribution >= 0.6 is 15.9 Å². The molecule has 0 aliphatic heterocycles. The maximum Gasteiger partial charge on any atom is 0.0719 e. The molecule has 0 N–H and O–H groups in total. The van der Waals surface area contributed by atoms with Gasteiger partial charge < -0.3 is 0 Å². The molecule has 4 aromatic rings. The molecule has 0 aromatic heterocycles. The largest absolute Gasteiger partial charge is 0.0719 e. The van der Waals surface area contributed by atoms with Gasteiger partial charge in [-0.15, -0.1) is 0 Å². The van der Waals surface area contributed by atoms with Gasteiger partial charge in [-0.1, -0.05) is 129 Å². The number of fused-ring (bicyclic) bond motifs is 9. The maximum atomic E-state index is 3.92. The van der Waals surface area contributed by atoms with E-state index in [1.165, 1.54) is 49.0 Å². The predicted octanol–water partition coefficient (Wildman–Crippen LogP) is 8.48. The van der Waals surface area contributed by atoms with Gasteiger partial charge in [-0.3, -0.25) is 0 Å². The minimum Gasteiger partial charge on any atom is -0.0683 e. The van der Waals surface area contributed by atoms with E-state index in [0.717, 1.165) is 0 Å². The molecular weight excluding hydrogens is 440 g/mol. The van der Waals surface area contributed by atoms with Gasteiger partial charge >= 0.3 is 0 Å². The maximum absolute atomic E-state index is 3.92. The molecule has 0 atom stereocenters. The molecular formula is C30H27Br. The van der Waals surface area contributed by atoms with Crippen LogP contribution in [0.2, 0.25) is 0 Å². The third-order valence-corrected chi connectivity index (χ3v) is 7.66. The summed E-state index contributed by atoms with van der Waals surface area (Å²) in [6.45, 7) is 8.71. The highest BCUT2D eigenvalue weighted by Crippen LogP contribution is 2.62. The average molecular weight is 467 g/mol. The Balaban J connectivity index is 0.000000994. The third-order valence-electron chi connectivity index (χ3n) is 7.00. The molecule has 31 heavy (non-hydrogen) atoms. The van der Waals surface area contributed by atoms with Crippen LogP contribution in [0.1, 0.15) is 61.1 Å². The first-order chi connectivity index (χ1) is 15.1. The molecule has 0 nitrogen and oxygen atoms in total. The van der Waals surface area contributed by atoms with Crippen LogP contribution in [0, 0.1) is 0 Å². The number of benzene rings is 4. The Bertz CT molecular complexity index is 1250. The van der Waals surface area contributed by atoms with E-state index in [-0.39, 0.29) is 10.8 Å². The summed E-state index contributed by atoms with van der Waals surface area (Å²) in [4.78, 5) is 0. The zero-order valence-electron chi connectivity index (χ0n) is 18.5. The van der Waals surface area contributed by atoms with Gasteiger partial charge in [0.15, 0.2) is 0 Å². The van der Waals surface area contributed by atoms with E-state index in [4.69, 9.17) is 0 Å². The van der Waals surface area contributed by atoms with Gasteiger partial charge in [0.1, 0.15) is 0 Å². The minimum absolute atomic E-state index is 0.0796. The molecule has 154 valence electrons. The van der Waals surface area contributed by atoms with E-state index >= 15 is 0 Å². The molecule has 0 bridgehead atoms. The van der Waals surface area contributed by atoms with Crippen molar-refractivity contribution in [3.63, 3.8) is 0 Å². The van der Waals surface area contributed by atoms with Crippen LogP contribution in [0.25, 0.3) is 11.1 Å². The van der Waals surface area contributed by atoms with Crippen molar-refractivity contribution in [1.29, 1.82) is 0 Å². The number of hydrogen-bond acceptors (Lipinski definition) is 0. The Morgan fingerprint density at radius 2 is 0.968 bits per heavy atom. The normalized spacial score (nSPS) is 15.8. The summed E-state index contributed by atoms with van der Waals surface area (Å²) in [7, 11) is 0. The van der Waals surface area contributed by atoms with Crippen LogP contribution in [-0.4, -0.2) is 0 Å². The summed E-state index contributed by atoms with van der Waals surface area (Å²) < 4.78 is 1.19. The summed E-state index contributed by atoms with van der Waals surface area (Å²) in [6.07, 6.45) is 0. The number of hydrogen-bond donors (Lipinski definition) is 0. The van der Waals surface area contributed by atoms with Gasteiger partial charge in [0.2, 0.25) is 0 Å². The quantitative estimate of drug-likeness (QED) is 0.214. The van der Waals surface area contributed by atoms with Crippen molar-refractivity contribution in [2.24, 2.45) is 0 Å². The molecule has 1 spiro atoms. The fourth-order valence-corrected chi connectivity index (χ4v) is 6.78. The molecule has 0 unspecified atom stereocenters. The molecule has 0 fully saturated rings. The summed E-state index contributed by atoms with van der Waals surface area (Å²) >= 11 is 3.92. The summed E-state index contributed by atoms with van der Waals surface area (Å²) in [6, 6.07) is 33.7. The van der Waals surface area contributed by atoms with Gasteiger partial charge in [0, 0.05) is 9.89 Å². The summed E-state index contributed by atoms with van der Waals surface area (Å²) in [5, 5.41) is 0. The molecule has 2 aliphatic rings. The molecule has 2 aliphatic carbocycles. The molecule has 0 amide bonds. The van der Waals surface area contributed by atoms with E-state index in [2.05, 4.69) is 121 Å². The van der Waals surface area contributed by atoms with Crippen LogP contribution in [-0.2, 0) is 10.8 Å². The summed E-state index contributed by atoms with van der Waals surface area (Å²) in [5.41, 5.74) is 10.7. The molecule has 0 saturated heterocycles. The van der Waals surface area contributed by atoms with E-state index in [1.54, 1.807) is 0 Å². The monoisotopic (exact) mass is 466 g/mol. The van der Waals surface area contributed by atoms with E-state index in [0.29, 0.717) is 0 Å². The van der Waals surface area contributed by atoms with Crippen LogP contribution in [0.5, 0.6) is 0 Å². The van der Waals surface area contributed by atoms with Crippen molar-refractivity contribution in [1.82, 2.24) is 0 Å². The van der Waals surface area contributed by atoms with Crippen molar-refractivity contribution in [3.05, 3.63) is 129 Å². The molecule has 0 heterocycles. The third kappa shape index (κ3) is 2.47. The zero-order chi connectivity index (χ0) is 21.8. The van der Waals surface area contributed by atoms with E-state index in [9.17, 15) is 0 Å². The Morgan fingerprint density at radius 3 is 1.55 bits per heavy atom. The Morgan fingerprint density at radius 1 is 0.516 bits per heavy atom. The zero-order valence-corrected chi connectivity index (χ0v) is 20.1. The lowest BCUT2D eigenvalue weighted by Gasteiger charge is -2.47. The lowest BCUT2D eigenvalue weighted by atomic mass is 9.55. The van der Waals surface area contributed by atoms with Crippen molar-refractivity contribution in [3.8, 4) is 11.1 Å². The topological polar surface area (TPSA) is 0 Å². The van der Waals surface area contributed by atoms with Gasteiger partial charge in [0.25, 0.3) is 0 Å². The highest BCUT2D eigenvalue weighted by molar-refractivity contribution is 9.10. The standard InChI is InChI=1S/C28H21Br.C2H6/c1-27(2)22-14-7-8-15-23(22)28(24-16-9-17-25(29)26(24)27)20-12-5-3-10-18(20)19-11-4-6-13-21(19)28;1-2/h3-17H,1-2H3;1-2H3. The van der Waals surface area contributed by atoms with E-state index in [1.807, 2.05) is 13.8 Å². The second kappa shape index (κ2) is 7.21. The number of halogens is 1. The van der Waals surface area contributed by atoms with Gasteiger partial charge in [-0.25, -0.2) is 0 Å². The van der Waals surface area contributed by atoms with Crippen LogP contribution in [0.3, 0.4) is 0 Å². The minimum atomic E-state index is -0.279. The van der Waals surface area contributed by atoms with Gasteiger partial charge in [-0.2, -0.15) is 0 Å². The lowest BCUT2D eigenvalue weighted by molar-refractivity contribution is 0.560. The lowest BCUT2D eigenvalue weighted by Crippen LogP contribution is -2.41.